The number of rotatable bonds is 3. The highest BCUT2D eigenvalue weighted by Gasteiger charge is 2.31. The molecule has 2 N–H and O–H groups in total. The topological polar surface area (TPSA) is 66.8 Å². The van der Waals surface area contributed by atoms with Crippen molar-refractivity contribution in [1.82, 2.24) is 0 Å². The molecule has 6 heteroatoms. The summed E-state index contributed by atoms with van der Waals surface area (Å²) in [5.74, 6) is -0.164. The van der Waals surface area contributed by atoms with Crippen molar-refractivity contribution in [3.8, 4) is 17.2 Å². The SMILES string of the molecule is CC(I)(CI)C(=O)Oc1cccc2c(O)cc(O)cc12. The third-order valence-corrected chi connectivity index (χ3v) is 6.61. The van der Waals surface area contributed by atoms with Gasteiger partial charge in [0, 0.05) is 21.3 Å². The van der Waals surface area contributed by atoms with Gasteiger partial charge in [0.05, 0.1) is 0 Å². The number of halogens is 2. The van der Waals surface area contributed by atoms with Crippen molar-refractivity contribution in [1.29, 1.82) is 0 Å². The van der Waals surface area contributed by atoms with Crippen LogP contribution in [0.3, 0.4) is 0 Å². The molecule has 0 radical (unpaired) electrons. The third-order valence-electron chi connectivity index (χ3n) is 2.80. The van der Waals surface area contributed by atoms with Crippen LogP contribution >= 0.6 is 45.2 Å². The van der Waals surface area contributed by atoms with Gasteiger partial charge in [-0.15, -0.1) is 0 Å². The lowest BCUT2D eigenvalue weighted by Crippen LogP contribution is -2.34. The molecule has 1 unspecified atom stereocenters. The number of benzene rings is 2. The van der Waals surface area contributed by atoms with Crippen molar-refractivity contribution in [2.45, 2.75) is 10.3 Å². The molecule has 0 aliphatic heterocycles. The fourth-order valence-electron chi connectivity index (χ4n) is 1.67. The van der Waals surface area contributed by atoms with E-state index in [0.717, 1.165) is 0 Å². The molecule has 0 saturated heterocycles. The highest BCUT2D eigenvalue weighted by molar-refractivity contribution is 14.1. The standard InChI is InChI=1S/C14H12I2O4/c1-14(16,7-15)13(19)20-12-4-2-3-9-10(12)5-8(17)6-11(9)18/h2-6,17-18H,7H2,1H3. The molecule has 0 fully saturated rings. The molecular formula is C14H12I2O4. The molecular weight excluding hydrogens is 486 g/mol. The van der Waals surface area contributed by atoms with E-state index in [1.54, 1.807) is 25.1 Å². The number of esters is 1. The van der Waals surface area contributed by atoms with Crippen LogP contribution in [0, 0.1) is 0 Å². The Hall–Kier alpha value is -0.770. The van der Waals surface area contributed by atoms with E-state index in [0.29, 0.717) is 20.9 Å². The summed E-state index contributed by atoms with van der Waals surface area (Å²) >= 11 is 4.18. The molecule has 20 heavy (non-hydrogen) atoms. The van der Waals surface area contributed by atoms with Gasteiger partial charge in [-0.1, -0.05) is 57.3 Å². The maximum atomic E-state index is 12.1. The van der Waals surface area contributed by atoms with Crippen molar-refractivity contribution < 1.29 is 19.7 Å². The quantitative estimate of drug-likeness (QED) is 0.293. The zero-order valence-electron chi connectivity index (χ0n) is 10.6. The van der Waals surface area contributed by atoms with Crippen LogP contribution in [-0.2, 0) is 4.79 Å². The Balaban J connectivity index is 2.48. The lowest BCUT2D eigenvalue weighted by Gasteiger charge is -2.18. The number of aromatic hydroxyl groups is 2. The summed E-state index contributed by atoms with van der Waals surface area (Å²) in [6.07, 6.45) is 0. The maximum absolute atomic E-state index is 12.1. The molecule has 106 valence electrons. The Morgan fingerprint density at radius 2 is 2.00 bits per heavy atom. The van der Waals surface area contributed by atoms with Gasteiger partial charge in [0.1, 0.15) is 20.7 Å². The van der Waals surface area contributed by atoms with Gasteiger partial charge < -0.3 is 14.9 Å². The second-order valence-corrected chi connectivity index (χ2v) is 7.68. The highest BCUT2D eigenvalue weighted by atomic mass is 127. The van der Waals surface area contributed by atoms with Gasteiger partial charge in [-0.05, 0) is 19.1 Å². The van der Waals surface area contributed by atoms with Gasteiger partial charge in [-0.3, -0.25) is 4.79 Å². The van der Waals surface area contributed by atoms with E-state index in [4.69, 9.17) is 4.74 Å². The van der Waals surface area contributed by atoms with Crippen molar-refractivity contribution in [3.63, 3.8) is 0 Å². The first kappa shape index (κ1) is 15.6. The van der Waals surface area contributed by atoms with Gasteiger partial charge >= 0.3 is 5.97 Å². The molecule has 0 aliphatic rings. The Labute approximate surface area is 143 Å². The van der Waals surface area contributed by atoms with Gasteiger partial charge in [-0.25, -0.2) is 0 Å². The summed E-state index contributed by atoms with van der Waals surface area (Å²) in [6, 6.07) is 7.74. The van der Waals surface area contributed by atoms with Crippen molar-refractivity contribution in [2.75, 3.05) is 4.43 Å². The number of carbonyl (C=O) groups excluding carboxylic acids is 1. The largest absolute Gasteiger partial charge is 0.508 e. The molecule has 0 aliphatic carbocycles. The highest BCUT2D eigenvalue weighted by Crippen LogP contribution is 2.36. The van der Waals surface area contributed by atoms with E-state index in [1.165, 1.54) is 12.1 Å². The minimum absolute atomic E-state index is 0.0518. The third kappa shape index (κ3) is 3.11. The maximum Gasteiger partial charge on any atom is 0.327 e. The molecule has 0 spiro atoms. The van der Waals surface area contributed by atoms with Gasteiger partial charge in [0.2, 0.25) is 0 Å². The molecule has 0 bridgehead atoms. The van der Waals surface area contributed by atoms with Gasteiger partial charge in [0.15, 0.2) is 0 Å². The number of carbonyl (C=O) groups is 1. The molecule has 0 aromatic heterocycles. The molecule has 0 amide bonds. The van der Waals surface area contributed by atoms with Crippen LogP contribution in [0.25, 0.3) is 10.8 Å². The normalized spacial score (nSPS) is 13.9. The fourth-order valence-corrected chi connectivity index (χ4v) is 2.09. The Kier molecular flexibility index (Phi) is 4.62. The second-order valence-electron chi connectivity index (χ2n) is 4.54. The molecule has 1 atom stereocenters. The zero-order valence-corrected chi connectivity index (χ0v) is 14.9. The van der Waals surface area contributed by atoms with Crippen LogP contribution in [0.4, 0.5) is 0 Å². The predicted molar refractivity (Wildman–Crippen MR) is 94.2 cm³/mol. The van der Waals surface area contributed by atoms with Crippen LogP contribution in [-0.4, -0.2) is 24.0 Å². The van der Waals surface area contributed by atoms with Gasteiger partial charge in [0.25, 0.3) is 0 Å². The van der Waals surface area contributed by atoms with E-state index in [9.17, 15) is 15.0 Å². The van der Waals surface area contributed by atoms with Crippen molar-refractivity contribution in [3.05, 3.63) is 30.3 Å². The number of phenols is 2. The summed E-state index contributed by atoms with van der Waals surface area (Å²) in [5, 5.41) is 20.4. The smallest absolute Gasteiger partial charge is 0.327 e. The van der Waals surface area contributed by atoms with Crippen LogP contribution in [0.5, 0.6) is 17.2 Å². The first-order valence-electron chi connectivity index (χ1n) is 5.77. The number of fused-ring (bicyclic) bond motifs is 1. The molecule has 2 rings (SSSR count). The summed E-state index contributed by atoms with van der Waals surface area (Å²) in [4.78, 5) is 12.1. The van der Waals surface area contributed by atoms with Crippen LogP contribution in [0.2, 0.25) is 0 Å². The monoisotopic (exact) mass is 498 g/mol. The zero-order chi connectivity index (χ0) is 14.9. The van der Waals surface area contributed by atoms with Crippen molar-refractivity contribution >= 4 is 61.9 Å². The average molecular weight is 498 g/mol. The lowest BCUT2D eigenvalue weighted by molar-refractivity contribution is -0.135. The fraction of sp³-hybridized carbons (Fsp3) is 0.214. The molecule has 0 heterocycles. The van der Waals surface area contributed by atoms with Crippen LogP contribution in [0.15, 0.2) is 30.3 Å². The molecule has 2 aromatic rings. The van der Waals surface area contributed by atoms with Crippen molar-refractivity contribution in [2.24, 2.45) is 0 Å². The average Bonchev–Trinajstić information content (AvgIpc) is 2.39. The summed E-state index contributed by atoms with van der Waals surface area (Å²) in [7, 11) is 0. The van der Waals surface area contributed by atoms with E-state index in [1.807, 2.05) is 22.6 Å². The lowest BCUT2D eigenvalue weighted by atomic mass is 10.1. The Morgan fingerprint density at radius 1 is 1.30 bits per heavy atom. The van der Waals surface area contributed by atoms with Crippen LogP contribution < -0.4 is 4.74 Å². The first-order chi connectivity index (χ1) is 9.35. The summed E-state index contributed by atoms with van der Waals surface area (Å²) in [5.41, 5.74) is 0. The minimum Gasteiger partial charge on any atom is -0.508 e. The summed E-state index contributed by atoms with van der Waals surface area (Å²) in [6.45, 7) is 1.79. The molecule has 0 saturated carbocycles. The first-order valence-corrected chi connectivity index (χ1v) is 8.37. The predicted octanol–water partition coefficient (Wildman–Crippen LogP) is 3.79. The number of ether oxygens (including phenoxy) is 1. The molecule has 2 aromatic carbocycles. The van der Waals surface area contributed by atoms with E-state index < -0.39 is 3.42 Å². The minimum atomic E-state index is -0.626. The van der Waals surface area contributed by atoms with E-state index in [-0.39, 0.29) is 17.5 Å². The molecule has 4 nitrogen and oxygen atoms in total. The van der Waals surface area contributed by atoms with Crippen LogP contribution in [0.1, 0.15) is 6.92 Å². The second kappa shape index (κ2) is 5.92. The number of hydrogen-bond donors (Lipinski definition) is 2. The summed E-state index contributed by atoms with van der Waals surface area (Å²) < 4.78 is 5.41. The van der Waals surface area contributed by atoms with E-state index in [2.05, 4.69) is 22.6 Å². The Morgan fingerprint density at radius 3 is 2.65 bits per heavy atom. The van der Waals surface area contributed by atoms with Gasteiger partial charge in [-0.2, -0.15) is 0 Å². The number of phenolic OH excluding ortho intramolecular Hbond substituents is 2. The Bertz CT molecular complexity index is 668. The van der Waals surface area contributed by atoms with E-state index >= 15 is 0 Å². The number of alkyl halides is 2. The number of hydrogen-bond acceptors (Lipinski definition) is 4.